The number of para-hydroxylation sites is 1. The molecule has 0 unspecified atom stereocenters. The molecule has 0 bridgehead atoms. The van der Waals surface area contributed by atoms with Crippen molar-refractivity contribution in [3.8, 4) is 0 Å². The van der Waals surface area contributed by atoms with Crippen LogP contribution in [0, 0.1) is 13.8 Å². The largest absolute Gasteiger partial charge is 0.478 e. The van der Waals surface area contributed by atoms with Crippen molar-refractivity contribution < 1.29 is 9.90 Å². The van der Waals surface area contributed by atoms with E-state index in [2.05, 4.69) is 4.98 Å². The van der Waals surface area contributed by atoms with Crippen LogP contribution in [-0.4, -0.2) is 16.1 Å². The van der Waals surface area contributed by atoms with Crippen molar-refractivity contribution in [2.75, 3.05) is 0 Å². The molecule has 0 atom stereocenters. The standard InChI is InChI=1S/C12H11NO2/c1-7-4-3-5-9-10(12(14)15)6-8(2)13-11(7)9/h3-6H,1-2H3,(H,14,15). The summed E-state index contributed by atoms with van der Waals surface area (Å²) in [5, 5.41) is 9.77. The van der Waals surface area contributed by atoms with Crippen molar-refractivity contribution in [2.24, 2.45) is 0 Å². The molecule has 76 valence electrons. The van der Waals surface area contributed by atoms with Gasteiger partial charge in [-0.15, -0.1) is 0 Å². The summed E-state index contributed by atoms with van der Waals surface area (Å²) in [4.78, 5) is 15.4. The maximum atomic E-state index is 11.1. The zero-order valence-corrected chi connectivity index (χ0v) is 8.61. The Bertz CT molecular complexity index is 547. The summed E-state index contributed by atoms with van der Waals surface area (Å²) in [5.74, 6) is -0.906. The zero-order valence-electron chi connectivity index (χ0n) is 8.61. The lowest BCUT2D eigenvalue weighted by atomic mass is 10.0. The van der Waals surface area contributed by atoms with E-state index in [0.717, 1.165) is 16.8 Å². The molecule has 0 saturated heterocycles. The van der Waals surface area contributed by atoms with E-state index in [-0.39, 0.29) is 0 Å². The lowest BCUT2D eigenvalue weighted by Crippen LogP contribution is -2.00. The van der Waals surface area contributed by atoms with Crippen LogP contribution in [0.3, 0.4) is 0 Å². The van der Waals surface area contributed by atoms with Gasteiger partial charge in [0.25, 0.3) is 0 Å². The monoisotopic (exact) mass is 201 g/mol. The van der Waals surface area contributed by atoms with Crippen molar-refractivity contribution in [1.82, 2.24) is 4.98 Å². The van der Waals surface area contributed by atoms with Gasteiger partial charge in [-0.05, 0) is 25.5 Å². The number of pyridine rings is 1. The molecule has 3 nitrogen and oxygen atoms in total. The molecule has 2 aromatic rings. The number of aromatic nitrogens is 1. The molecule has 1 heterocycles. The average molecular weight is 201 g/mol. The van der Waals surface area contributed by atoms with E-state index in [1.807, 2.05) is 19.1 Å². The Balaban J connectivity index is 2.92. The Morgan fingerprint density at radius 1 is 1.33 bits per heavy atom. The second kappa shape index (κ2) is 3.35. The normalized spacial score (nSPS) is 10.5. The highest BCUT2D eigenvalue weighted by atomic mass is 16.4. The number of rotatable bonds is 1. The molecule has 3 heteroatoms. The van der Waals surface area contributed by atoms with Crippen LogP contribution < -0.4 is 0 Å². The maximum absolute atomic E-state index is 11.1. The Kier molecular flexibility index (Phi) is 2.15. The average Bonchev–Trinajstić information content (AvgIpc) is 2.18. The first kappa shape index (κ1) is 9.65. The predicted octanol–water partition coefficient (Wildman–Crippen LogP) is 2.55. The van der Waals surface area contributed by atoms with Crippen LogP contribution in [0.25, 0.3) is 10.9 Å². The first-order valence-corrected chi connectivity index (χ1v) is 4.70. The van der Waals surface area contributed by atoms with Crippen LogP contribution in [0.1, 0.15) is 21.6 Å². The van der Waals surface area contributed by atoms with Crippen LogP contribution in [-0.2, 0) is 0 Å². The molecular weight excluding hydrogens is 190 g/mol. The minimum Gasteiger partial charge on any atom is -0.478 e. The molecule has 0 saturated carbocycles. The molecule has 0 aliphatic heterocycles. The van der Waals surface area contributed by atoms with Gasteiger partial charge in [0.1, 0.15) is 0 Å². The Morgan fingerprint density at radius 3 is 2.73 bits per heavy atom. The quantitative estimate of drug-likeness (QED) is 0.771. The van der Waals surface area contributed by atoms with Crippen LogP contribution in [0.5, 0.6) is 0 Å². The number of aromatic carboxylic acids is 1. The SMILES string of the molecule is Cc1cc(C(=O)O)c2cccc(C)c2n1. The number of carboxylic acid groups (broad SMARTS) is 1. The lowest BCUT2D eigenvalue weighted by molar-refractivity contribution is 0.0699. The summed E-state index contributed by atoms with van der Waals surface area (Å²) >= 11 is 0. The number of fused-ring (bicyclic) bond motifs is 1. The van der Waals surface area contributed by atoms with Crippen molar-refractivity contribution in [3.05, 3.63) is 41.1 Å². The number of nitrogens with zero attached hydrogens (tertiary/aromatic N) is 1. The minimum atomic E-state index is -0.906. The summed E-state index contributed by atoms with van der Waals surface area (Å²) < 4.78 is 0. The fraction of sp³-hybridized carbons (Fsp3) is 0.167. The van der Waals surface area contributed by atoms with E-state index in [0.29, 0.717) is 10.9 Å². The third-order valence-electron chi connectivity index (χ3n) is 2.40. The Hall–Kier alpha value is -1.90. The summed E-state index contributed by atoms with van der Waals surface area (Å²) in [5.41, 5.74) is 2.82. The molecule has 1 aromatic carbocycles. The van der Waals surface area contributed by atoms with Crippen LogP contribution in [0.2, 0.25) is 0 Å². The highest BCUT2D eigenvalue weighted by molar-refractivity contribution is 6.03. The highest BCUT2D eigenvalue weighted by Gasteiger charge is 2.10. The van der Waals surface area contributed by atoms with Crippen molar-refractivity contribution in [2.45, 2.75) is 13.8 Å². The maximum Gasteiger partial charge on any atom is 0.336 e. The van der Waals surface area contributed by atoms with E-state index in [4.69, 9.17) is 5.11 Å². The van der Waals surface area contributed by atoms with Gasteiger partial charge >= 0.3 is 5.97 Å². The fourth-order valence-corrected chi connectivity index (χ4v) is 1.70. The molecule has 15 heavy (non-hydrogen) atoms. The summed E-state index contributed by atoms with van der Waals surface area (Å²) in [6.45, 7) is 3.73. The number of carboxylic acids is 1. The molecule has 0 aliphatic carbocycles. The fourth-order valence-electron chi connectivity index (χ4n) is 1.70. The topological polar surface area (TPSA) is 50.2 Å². The van der Waals surface area contributed by atoms with E-state index < -0.39 is 5.97 Å². The smallest absolute Gasteiger partial charge is 0.336 e. The van der Waals surface area contributed by atoms with Gasteiger partial charge in [-0.3, -0.25) is 4.98 Å². The molecule has 2 rings (SSSR count). The Labute approximate surface area is 87.4 Å². The lowest BCUT2D eigenvalue weighted by Gasteiger charge is -2.05. The van der Waals surface area contributed by atoms with Crippen molar-refractivity contribution >= 4 is 16.9 Å². The molecule has 0 fully saturated rings. The van der Waals surface area contributed by atoms with Crippen LogP contribution in [0.4, 0.5) is 0 Å². The number of benzene rings is 1. The third-order valence-corrected chi connectivity index (χ3v) is 2.40. The molecule has 1 aromatic heterocycles. The van der Waals surface area contributed by atoms with Gasteiger partial charge in [-0.25, -0.2) is 4.79 Å². The number of carbonyl (C=O) groups is 1. The van der Waals surface area contributed by atoms with Gasteiger partial charge in [0.05, 0.1) is 11.1 Å². The number of hydrogen-bond donors (Lipinski definition) is 1. The van der Waals surface area contributed by atoms with E-state index in [1.54, 1.807) is 19.1 Å². The molecule has 0 amide bonds. The summed E-state index contributed by atoms with van der Waals surface area (Å²) in [7, 11) is 0. The van der Waals surface area contributed by atoms with E-state index in [9.17, 15) is 4.79 Å². The highest BCUT2D eigenvalue weighted by Crippen LogP contribution is 2.21. The third kappa shape index (κ3) is 1.56. The van der Waals surface area contributed by atoms with Crippen molar-refractivity contribution in [3.63, 3.8) is 0 Å². The van der Waals surface area contributed by atoms with Crippen molar-refractivity contribution in [1.29, 1.82) is 0 Å². The molecular formula is C12H11NO2. The summed E-state index contributed by atoms with van der Waals surface area (Å²) in [6, 6.07) is 7.17. The first-order chi connectivity index (χ1) is 7.09. The molecule has 1 N–H and O–H groups in total. The van der Waals surface area contributed by atoms with Gasteiger partial charge in [0, 0.05) is 11.1 Å². The van der Waals surface area contributed by atoms with Crippen LogP contribution >= 0.6 is 0 Å². The van der Waals surface area contributed by atoms with Gasteiger partial charge in [-0.1, -0.05) is 18.2 Å². The van der Waals surface area contributed by atoms with E-state index >= 15 is 0 Å². The second-order valence-corrected chi connectivity index (χ2v) is 3.59. The van der Waals surface area contributed by atoms with Gasteiger partial charge in [0.2, 0.25) is 0 Å². The minimum absolute atomic E-state index is 0.321. The van der Waals surface area contributed by atoms with Gasteiger partial charge in [0.15, 0.2) is 0 Å². The first-order valence-electron chi connectivity index (χ1n) is 4.70. The Morgan fingerprint density at radius 2 is 2.07 bits per heavy atom. The number of aryl methyl sites for hydroxylation is 2. The zero-order chi connectivity index (χ0) is 11.0. The second-order valence-electron chi connectivity index (χ2n) is 3.59. The van der Waals surface area contributed by atoms with E-state index in [1.165, 1.54) is 0 Å². The molecule has 0 radical (unpaired) electrons. The predicted molar refractivity (Wildman–Crippen MR) is 58.2 cm³/mol. The number of hydrogen-bond acceptors (Lipinski definition) is 2. The van der Waals surface area contributed by atoms with Crippen LogP contribution in [0.15, 0.2) is 24.3 Å². The molecule has 0 aliphatic rings. The summed E-state index contributed by atoms with van der Waals surface area (Å²) in [6.07, 6.45) is 0. The molecule has 0 spiro atoms. The van der Waals surface area contributed by atoms with Gasteiger partial charge < -0.3 is 5.11 Å². The van der Waals surface area contributed by atoms with Gasteiger partial charge in [-0.2, -0.15) is 0 Å².